The van der Waals surface area contributed by atoms with Crippen molar-refractivity contribution in [1.29, 1.82) is 0 Å². The Balaban J connectivity index is 1.76. The van der Waals surface area contributed by atoms with Gasteiger partial charge in [-0.25, -0.2) is 0 Å². The maximum atomic E-state index is 12.0. The van der Waals surface area contributed by atoms with Crippen molar-refractivity contribution in [3.8, 4) is 0 Å². The third-order valence-electron chi connectivity index (χ3n) is 4.28. The third kappa shape index (κ3) is 4.80. The Kier molecular flexibility index (Phi) is 6.36. The first-order valence-corrected chi connectivity index (χ1v) is 7.87. The Morgan fingerprint density at radius 2 is 2.05 bits per heavy atom. The molecule has 1 fully saturated rings. The smallest absolute Gasteiger partial charge is 0.234 e. The van der Waals surface area contributed by atoms with Crippen molar-refractivity contribution in [2.24, 2.45) is 0 Å². The van der Waals surface area contributed by atoms with Crippen LogP contribution in [0.3, 0.4) is 0 Å². The average Bonchev–Trinajstić information content (AvgIpc) is 3.01. The lowest BCUT2D eigenvalue weighted by molar-refractivity contribution is -0.120. The first-order chi connectivity index (χ1) is 10.7. The number of rotatable bonds is 8. The van der Waals surface area contributed by atoms with Crippen molar-refractivity contribution in [2.75, 3.05) is 20.3 Å². The maximum Gasteiger partial charge on any atom is 0.234 e. The molecule has 5 nitrogen and oxygen atoms in total. The van der Waals surface area contributed by atoms with Crippen molar-refractivity contribution in [3.63, 3.8) is 0 Å². The second kappa shape index (κ2) is 8.27. The van der Waals surface area contributed by atoms with Gasteiger partial charge in [-0.15, -0.1) is 0 Å². The molecular weight excluding hydrogens is 280 g/mol. The van der Waals surface area contributed by atoms with Gasteiger partial charge in [-0.1, -0.05) is 37.1 Å². The number of ether oxygens (including phenoxy) is 1. The van der Waals surface area contributed by atoms with E-state index in [1.807, 2.05) is 24.3 Å². The zero-order chi connectivity index (χ0) is 15.8. The summed E-state index contributed by atoms with van der Waals surface area (Å²) < 4.78 is 5.11. The molecular formula is C17H26N2O3. The van der Waals surface area contributed by atoms with Gasteiger partial charge in [0.05, 0.1) is 19.8 Å². The zero-order valence-corrected chi connectivity index (χ0v) is 13.2. The van der Waals surface area contributed by atoms with Gasteiger partial charge in [0.15, 0.2) is 0 Å². The topological polar surface area (TPSA) is 70.6 Å². The van der Waals surface area contributed by atoms with Gasteiger partial charge in [-0.3, -0.25) is 4.79 Å². The van der Waals surface area contributed by atoms with Crippen LogP contribution in [0.25, 0.3) is 0 Å². The van der Waals surface area contributed by atoms with Gasteiger partial charge in [0, 0.05) is 19.2 Å². The summed E-state index contributed by atoms with van der Waals surface area (Å²) in [5.74, 6) is -0.0446. The molecule has 0 radical (unpaired) electrons. The molecule has 1 aliphatic rings. The van der Waals surface area contributed by atoms with Gasteiger partial charge < -0.3 is 20.5 Å². The van der Waals surface area contributed by atoms with Crippen molar-refractivity contribution < 1.29 is 14.6 Å². The highest BCUT2D eigenvalue weighted by molar-refractivity contribution is 5.78. The van der Waals surface area contributed by atoms with Crippen LogP contribution in [-0.4, -0.2) is 36.8 Å². The SMILES string of the molecule is COCc1cccc(CNC(=O)CNC2(CO)CCCC2)c1. The fraction of sp³-hybridized carbons (Fsp3) is 0.588. The summed E-state index contributed by atoms with van der Waals surface area (Å²) in [6.07, 6.45) is 4.11. The fourth-order valence-corrected chi connectivity index (χ4v) is 2.97. The van der Waals surface area contributed by atoms with Gasteiger partial charge in [0.1, 0.15) is 0 Å². The van der Waals surface area contributed by atoms with Crippen LogP contribution in [0.4, 0.5) is 0 Å². The summed E-state index contributed by atoms with van der Waals surface area (Å²) in [4.78, 5) is 12.0. The van der Waals surface area contributed by atoms with Crippen molar-refractivity contribution in [1.82, 2.24) is 10.6 Å². The summed E-state index contributed by atoms with van der Waals surface area (Å²) in [6, 6.07) is 7.98. The van der Waals surface area contributed by atoms with Gasteiger partial charge in [-0.05, 0) is 24.0 Å². The predicted octanol–water partition coefficient (Wildman–Crippen LogP) is 1.34. The number of benzene rings is 1. The van der Waals surface area contributed by atoms with E-state index in [1.54, 1.807) is 7.11 Å². The number of methoxy groups -OCH3 is 1. The number of hydrogen-bond donors (Lipinski definition) is 3. The number of carbonyl (C=O) groups is 1. The van der Waals surface area contributed by atoms with Crippen LogP contribution >= 0.6 is 0 Å². The van der Waals surface area contributed by atoms with Crippen LogP contribution in [0.1, 0.15) is 36.8 Å². The molecule has 122 valence electrons. The molecule has 1 aliphatic carbocycles. The molecule has 1 saturated carbocycles. The first-order valence-electron chi connectivity index (χ1n) is 7.87. The number of hydrogen-bond acceptors (Lipinski definition) is 4. The van der Waals surface area contributed by atoms with E-state index >= 15 is 0 Å². The summed E-state index contributed by atoms with van der Waals surface area (Å²) in [7, 11) is 1.67. The fourth-order valence-electron chi connectivity index (χ4n) is 2.97. The summed E-state index contributed by atoms with van der Waals surface area (Å²) in [6.45, 7) is 1.42. The molecule has 0 heterocycles. The number of nitrogens with one attached hydrogen (secondary N) is 2. The molecule has 5 heteroatoms. The van der Waals surface area contributed by atoms with E-state index in [1.165, 1.54) is 0 Å². The van der Waals surface area contributed by atoms with Gasteiger partial charge in [0.25, 0.3) is 0 Å². The van der Waals surface area contributed by atoms with Crippen molar-refractivity contribution in [3.05, 3.63) is 35.4 Å². The number of aliphatic hydroxyl groups excluding tert-OH is 1. The van der Waals surface area contributed by atoms with Gasteiger partial charge in [0.2, 0.25) is 5.91 Å². The number of amides is 1. The lowest BCUT2D eigenvalue weighted by atomic mass is 9.99. The maximum absolute atomic E-state index is 12.0. The molecule has 0 unspecified atom stereocenters. The minimum atomic E-state index is -0.254. The second-order valence-corrected chi connectivity index (χ2v) is 6.03. The molecule has 0 spiro atoms. The van der Waals surface area contributed by atoms with Gasteiger partial charge >= 0.3 is 0 Å². The van der Waals surface area contributed by atoms with Crippen LogP contribution in [0.2, 0.25) is 0 Å². The Morgan fingerprint density at radius 1 is 1.32 bits per heavy atom. The standard InChI is InChI=1S/C17H26N2O3/c1-22-12-15-6-4-5-14(9-15)10-18-16(21)11-19-17(13-20)7-2-3-8-17/h4-6,9,19-20H,2-3,7-8,10-13H2,1H3,(H,18,21). The number of carbonyl (C=O) groups excluding carboxylic acids is 1. The molecule has 1 aromatic rings. The normalized spacial score (nSPS) is 16.6. The molecule has 3 N–H and O–H groups in total. The van der Waals surface area contributed by atoms with E-state index in [-0.39, 0.29) is 24.6 Å². The third-order valence-corrected chi connectivity index (χ3v) is 4.28. The molecule has 0 bridgehead atoms. The Labute approximate surface area is 132 Å². The summed E-state index contributed by atoms with van der Waals surface area (Å²) >= 11 is 0. The number of aliphatic hydroxyl groups is 1. The van der Waals surface area contributed by atoms with Crippen LogP contribution in [-0.2, 0) is 22.7 Å². The molecule has 0 saturated heterocycles. The van der Waals surface area contributed by atoms with Gasteiger partial charge in [-0.2, -0.15) is 0 Å². The van der Waals surface area contributed by atoms with Crippen LogP contribution in [0, 0.1) is 0 Å². The lowest BCUT2D eigenvalue weighted by Crippen LogP contribution is -2.50. The van der Waals surface area contributed by atoms with E-state index in [0.29, 0.717) is 13.2 Å². The molecule has 0 atom stereocenters. The van der Waals surface area contributed by atoms with E-state index < -0.39 is 0 Å². The Bertz CT molecular complexity index is 485. The minimum Gasteiger partial charge on any atom is -0.394 e. The Morgan fingerprint density at radius 3 is 2.73 bits per heavy atom. The predicted molar refractivity (Wildman–Crippen MR) is 85.3 cm³/mol. The van der Waals surface area contributed by atoms with E-state index in [9.17, 15) is 9.90 Å². The molecule has 2 rings (SSSR count). The van der Waals surface area contributed by atoms with Crippen LogP contribution in [0.15, 0.2) is 24.3 Å². The van der Waals surface area contributed by atoms with Crippen molar-refractivity contribution >= 4 is 5.91 Å². The molecule has 1 amide bonds. The van der Waals surface area contributed by atoms with Crippen LogP contribution in [0.5, 0.6) is 0 Å². The molecule has 1 aromatic carbocycles. The largest absolute Gasteiger partial charge is 0.394 e. The Hall–Kier alpha value is -1.43. The molecule has 22 heavy (non-hydrogen) atoms. The van der Waals surface area contributed by atoms with E-state index in [4.69, 9.17) is 4.74 Å². The molecule has 0 aliphatic heterocycles. The van der Waals surface area contributed by atoms with Crippen LogP contribution < -0.4 is 10.6 Å². The monoisotopic (exact) mass is 306 g/mol. The van der Waals surface area contributed by atoms with E-state index in [2.05, 4.69) is 10.6 Å². The minimum absolute atomic E-state index is 0.0446. The highest BCUT2D eigenvalue weighted by Crippen LogP contribution is 2.28. The second-order valence-electron chi connectivity index (χ2n) is 6.03. The summed E-state index contributed by atoms with van der Waals surface area (Å²) in [5.41, 5.74) is 1.90. The average molecular weight is 306 g/mol. The van der Waals surface area contributed by atoms with E-state index in [0.717, 1.165) is 36.8 Å². The highest BCUT2D eigenvalue weighted by Gasteiger charge is 2.32. The van der Waals surface area contributed by atoms with Crippen molar-refractivity contribution in [2.45, 2.75) is 44.4 Å². The highest BCUT2D eigenvalue weighted by atomic mass is 16.5. The summed E-state index contributed by atoms with van der Waals surface area (Å²) in [5, 5.41) is 15.7. The lowest BCUT2D eigenvalue weighted by Gasteiger charge is -2.27. The quantitative estimate of drug-likeness (QED) is 0.678. The first kappa shape index (κ1) is 16.9. The zero-order valence-electron chi connectivity index (χ0n) is 13.2. The molecule has 0 aromatic heterocycles.